The van der Waals surface area contributed by atoms with E-state index < -0.39 is 10.8 Å². The third-order valence-corrected chi connectivity index (χ3v) is 9.22. The Kier molecular flexibility index (Phi) is 7.23. The molecule has 0 bridgehead atoms. The van der Waals surface area contributed by atoms with E-state index in [-0.39, 0.29) is 10.8 Å². The van der Waals surface area contributed by atoms with Crippen LogP contribution >= 0.6 is 11.6 Å². The molecule has 1 atom stereocenters. The van der Waals surface area contributed by atoms with Crippen molar-refractivity contribution in [1.29, 1.82) is 0 Å². The number of piperidine rings is 1. The molecule has 3 heterocycles. The number of nitrogens with one attached hydrogen (secondary N) is 1. The zero-order valence-electron chi connectivity index (χ0n) is 20.3. The van der Waals surface area contributed by atoms with Crippen LogP contribution in [-0.2, 0) is 17.3 Å². The van der Waals surface area contributed by atoms with Crippen LogP contribution in [0.25, 0.3) is 22.2 Å². The zero-order chi connectivity index (χ0) is 24.5. The number of aryl methyl sites for hydroxylation is 1. The molecule has 0 spiro atoms. The molecule has 1 aliphatic heterocycles. The van der Waals surface area contributed by atoms with E-state index in [4.69, 9.17) is 11.6 Å². The number of benzene rings is 1. The molecule has 1 saturated carbocycles. The van der Waals surface area contributed by atoms with Gasteiger partial charge >= 0.3 is 0 Å². The van der Waals surface area contributed by atoms with Crippen LogP contribution in [0.5, 0.6) is 0 Å². The molecule has 1 aliphatic carbocycles. The SMILES string of the molecule is CCn1c(=O)c(-c2ccc(S(=O)C3CC3)cc2Cl)cc2cnc(NCCC3CCN(C)CC3)nc21. The fraction of sp³-hybridized carbons (Fsp3) is 0.500. The van der Waals surface area contributed by atoms with Crippen LogP contribution < -0.4 is 10.9 Å². The summed E-state index contributed by atoms with van der Waals surface area (Å²) in [6.07, 6.45) is 7.30. The first kappa shape index (κ1) is 24.4. The van der Waals surface area contributed by atoms with Crippen molar-refractivity contribution in [2.45, 2.75) is 55.7 Å². The maximum atomic E-state index is 13.4. The Morgan fingerprint density at radius 3 is 2.60 bits per heavy atom. The Bertz CT molecular complexity index is 1320. The minimum atomic E-state index is -1.04. The third kappa shape index (κ3) is 5.29. The van der Waals surface area contributed by atoms with E-state index in [0.717, 1.165) is 55.1 Å². The number of rotatable bonds is 8. The minimum Gasteiger partial charge on any atom is -0.354 e. The van der Waals surface area contributed by atoms with Crippen LogP contribution in [0.3, 0.4) is 0 Å². The minimum absolute atomic E-state index is 0.144. The van der Waals surface area contributed by atoms with E-state index in [1.807, 2.05) is 19.1 Å². The van der Waals surface area contributed by atoms with Gasteiger partial charge in [-0.2, -0.15) is 4.98 Å². The van der Waals surface area contributed by atoms with Gasteiger partial charge in [0.1, 0.15) is 5.65 Å². The second-order valence-corrected chi connectivity index (χ2v) is 11.8. The second-order valence-electron chi connectivity index (χ2n) is 9.68. The summed E-state index contributed by atoms with van der Waals surface area (Å²) in [6.45, 7) is 5.55. The maximum Gasteiger partial charge on any atom is 0.260 e. The molecule has 1 unspecified atom stereocenters. The van der Waals surface area contributed by atoms with Gasteiger partial charge in [0.05, 0.1) is 10.8 Å². The molecular formula is C26H32ClN5O2S. The van der Waals surface area contributed by atoms with Crippen LogP contribution in [0.2, 0.25) is 5.02 Å². The van der Waals surface area contributed by atoms with Gasteiger partial charge in [0.15, 0.2) is 0 Å². The zero-order valence-corrected chi connectivity index (χ0v) is 21.9. The Hall–Kier alpha value is -2.29. The Balaban J connectivity index is 1.38. The number of halogens is 1. The lowest BCUT2D eigenvalue weighted by Gasteiger charge is -2.28. The fourth-order valence-corrected chi connectivity index (χ4v) is 6.52. The Morgan fingerprint density at radius 1 is 1.14 bits per heavy atom. The first-order valence-electron chi connectivity index (χ1n) is 12.5. The summed E-state index contributed by atoms with van der Waals surface area (Å²) in [5, 5.41) is 4.80. The first-order chi connectivity index (χ1) is 16.9. The van der Waals surface area contributed by atoms with E-state index in [1.54, 1.807) is 22.9 Å². The van der Waals surface area contributed by atoms with Gasteiger partial charge in [-0.3, -0.25) is 13.6 Å². The van der Waals surface area contributed by atoms with Gasteiger partial charge in [-0.1, -0.05) is 17.7 Å². The van der Waals surface area contributed by atoms with E-state index >= 15 is 0 Å². The highest BCUT2D eigenvalue weighted by Crippen LogP contribution is 2.34. The van der Waals surface area contributed by atoms with Gasteiger partial charge in [-0.05, 0) is 83.3 Å². The van der Waals surface area contributed by atoms with Crippen molar-refractivity contribution in [1.82, 2.24) is 19.4 Å². The summed E-state index contributed by atoms with van der Waals surface area (Å²) in [5.41, 5.74) is 1.60. The largest absolute Gasteiger partial charge is 0.354 e. The molecule has 9 heteroatoms. The summed E-state index contributed by atoms with van der Waals surface area (Å²) in [4.78, 5) is 25.7. The Morgan fingerprint density at radius 2 is 1.91 bits per heavy atom. The van der Waals surface area contributed by atoms with Crippen molar-refractivity contribution in [3.8, 4) is 11.1 Å². The molecule has 2 aromatic heterocycles. The molecule has 1 N–H and O–H groups in total. The standard InChI is InChI=1S/C26H32ClN5O2S/c1-3-32-24-18(16-29-26(30-24)28-11-8-17-9-12-31(2)13-10-17)14-22(25(32)33)21-7-6-20(15-23(21)27)35(34)19-4-5-19/h6-7,14-17,19H,3-5,8-13H2,1-2H3,(H,28,29,30). The summed E-state index contributed by atoms with van der Waals surface area (Å²) in [7, 11) is 1.14. The average molecular weight is 514 g/mol. The topological polar surface area (TPSA) is 80.1 Å². The summed E-state index contributed by atoms with van der Waals surface area (Å²) >= 11 is 6.58. The highest BCUT2D eigenvalue weighted by molar-refractivity contribution is 7.86. The van der Waals surface area contributed by atoms with E-state index in [9.17, 15) is 9.00 Å². The van der Waals surface area contributed by atoms with Crippen molar-refractivity contribution in [2.75, 3.05) is 32.0 Å². The van der Waals surface area contributed by atoms with Crippen molar-refractivity contribution < 1.29 is 4.21 Å². The van der Waals surface area contributed by atoms with E-state index in [2.05, 4.69) is 27.2 Å². The number of fused-ring (bicyclic) bond motifs is 1. The van der Waals surface area contributed by atoms with Crippen LogP contribution in [0, 0.1) is 5.92 Å². The molecule has 7 nitrogen and oxygen atoms in total. The second kappa shape index (κ2) is 10.4. The van der Waals surface area contributed by atoms with E-state index in [1.165, 1.54) is 12.8 Å². The molecule has 35 heavy (non-hydrogen) atoms. The predicted octanol–water partition coefficient (Wildman–Crippen LogP) is 4.55. The van der Waals surface area contributed by atoms with Gasteiger partial charge in [-0.25, -0.2) is 4.98 Å². The molecule has 186 valence electrons. The first-order valence-corrected chi connectivity index (χ1v) is 14.1. The molecule has 2 aliphatic rings. The maximum absolute atomic E-state index is 13.4. The molecule has 0 amide bonds. The summed E-state index contributed by atoms with van der Waals surface area (Å²) < 4.78 is 14.2. The molecule has 5 rings (SSSR count). The lowest BCUT2D eigenvalue weighted by atomic mass is 9.94. The van der Waals surface area contributed by atoms with Crippen LogP contribution in [0.15, 0.2) is 40.2 Å². The number of hydrogen-bond donors (Lipinski definition) is 1. The van der Waals surface area contributed by atoms with E-state index in [0.29, 0.717) is 34.3 Å². The highest BCUT2D eigenvalue weighted by atomic mass is 35.5. The van der Waals surface area contributed by atoms with Gasteiger partial charge in [0.25, 0.3) is 5.56 Å². The van der Waals surface area contributed by atoms with Crippen molar-refractivity contribution in [3.63, 3.8) is 0 Å². The highest BCUT2D eigenvalue weighted by Gasteiger charge is 2.29. The Labute approximate surface area is 213 Å². The normalized spacial score (nSPS) is 18.1. The van der Waals surface area contributed by atoms with Gasteiger partial charge in [0, 0.05) is 51.0 Å². The number of anilines is 1. The molecule has 3 aromatic rings. The van der Waals surface area contributed by atoms with Crippen LogP contribution in [0.4, 0.5) is 5.95 Å². The quantitative estimate of drug-likeness (QED) is 0.476. The lowest BCUT2D eigenvalue weighted by molar-refractivity contribution is 0.215. The van der Waals surface area contributed by atoms with Gasteiger partial charge < -0.3 is 10.2 Å². The molecular weight excluding hydrogens is 482 g/mol. The van der Waals surface area contributed by atoms with Crippen molar-refractivity contribution in [2.24, 2.45) is 5.92 Å². The monoisotopic (exact) mass is 513 g/mol. The molecule has 0 radical (unpaired) electrons. The van der Waals surface area contributed by atoms with Gasteiger partial charge in [-0.15, -0.1) is 0 Å². The summed E-state index contributed by atoms with van der Waals surface area (Å²) in [5.74, 6) is 1.28. The van der Waals surface area contributed by atoms with Crippen LogP contribution in [-0.4, -0.2) is 55.6 Å². The molecule has 2 fully saturated rings. The number of hydrogen-bond acceptors (Lipinski definition) is 6. The molecule has 1 saturated heterocycles. The average Bonchev–Trinajstić information content (AvgIpc) is 3.70. The lowest BCUT2D eigenvalue weighted by Crippen LogP contribution is -2.31. The smallest absolute Gasteiger partial charge is 0.260 e. The van der Waals surface area contributed by atoms with Gasteiger partial charge in [0.2, 0.25) is 5.95 Å². The third-order valence-electron chi connectivity index (χ3n) is 7.11. The number of nitrogens with zero attached hydrogens (tertiary/aromatic N) is 4. The predicted molar refractivity (Wildman–Crippen MR) is 143 cm³/mol. The number of aromatic nitrogens is 3. The number of pyridine rings is 1. The van der Waals surface area contributed by atoms with Crippen molar-refractivity contribution >= 4 is 39.4 Å². The number of likely N-dealkylation sites (tertiary alicyclic amines) is 1. The fourth-order valence-electron chi connectivity index (χ4n) is 4.78. The van der Waals surface area contributed by atoms with Crippen molar-refractivity contribution in [3.05, 3.63) is 45.8 Å². The summed E-state index contributed by atoms with van der Waals surface area (Å²) in [6, 6.07) is 7.17. The molecule has 1 aromatic carbocycles. The van der Waals surface area contributed by atoms with Crippen LogP contribution in [0.1, 0.15) is 39.0 Å².